The second-order valence-electron chi connectivity index (χ2n) is 3.12. The monoisotopic (exact) mass is 225 g/mol. The van der Waals surface area contributed by atoms with E-state index in [4.69, 9.17) is 5.11 Å². The Balaban J connectivity index is 3.48. The van der Waals surface area contributed by atoms with Crippen molar-refractivity contribution in [3.05, 3.63) is 11.6 Å². The van der Waals surface area contributed by atoms with Gasteiger partial charge in [0.25, 0.3) is 0 Å². The average molecular weight is 225 g/mol. The SMILES string of the molecule is CC(=CCNCCCC(F)(F)F)C(=O)O. The molecule has 0 saturated carbocycles. The fraction of sp³-hybridized carbons (Fsp3) is 0.667. The molecule has 0 aromatic rings. The third kappa shape index (κ3) is 9.27. The maximum absolute atomic E-state index is 11.7. The molecule has 0 saturated heterocycles. The minimum atomic E-state index is -4.12. The van der Waals surface area contributed by atoms with Gasteiger partial charge in [-0.25, -0.2) is 4.79 Å². The number of carboxylic acid groups (broad SMARTS) is 1. The summed E-state index contributed by atoms with van der Waals surface area (Å²) in [6.45, 7) is 1.93. The van der Waals surface area contributed by atoms with Crippen molar-refractivity contribution in [2.24, 2.45) is 0 Å². The van der Waals surface area contributed by atoms with Crippen LogP contribution in [0.25, 0.3) is 0 Å². The van der Waals surface area contributed by atoms with E-state index in [-0.39, 0.29) is 25.1 Å². The molecule has 0 atom stereocenters. The van der Waals surface area contributed by atoms with Crippen LogP contribution in [0.4, 0.5) is 13.2 Å². The molecule has 0 aromatic heterocycles. The van der Waals surface area contributed by atoms with Crippen LogP contribution in [0.3, 0.4) is 0 Å². The highest BCUT2D eigenvalue weighted by atomic mass is 19.4. The lowest BCUT2D eigenvalue weighted by atomic mass is 10.3. The molecule has 0 bridgehead atoms. The van der Waals surface area contributed by atoms with Gasteiger partial charge in [0.15, 0.2) is 0 Å². The van der Waals surface area contributed by atoms with E-state index in [9.17, 15) is 18.0 Å². The van der Waals surface area contributed by atoms with Crippen LogP contribution in [0, 0.1) is 0 Å². The van der Waals surface area contributed by atoms with Crippen LogP contribution in [0.15, 0.2) is 11.6 Å². The highest BCUT2D eigenvalue weighted by molar-refractivity contribution is 5.85. The molecule has 0 radical (unpaired) electrons. The standard InChI is InChI=1S/C9H14F3NO2/c1-7(8(14)15)3-6-13-5-2-4-9(10,11)12/h3,13H,2,4-6H2,1H3,(H,14,15). The van der Waals surface area contributed by atoms with E-state index in [0.29, 0.717) is 0 Å². The predicted octanol–water partition coefficient (Wildman–Crippen LogP) is 1.95. The zero-order valence-electron chi connectivity index (χ0n) is 8.40. The van der Waals surface area contributed by atoms with Gasteiger partial charge in [-0.3, -0.25) is 0 Å². The molecule has 2 N–H and O–H groups in total. The molecule has 3 nitrogen and oxygen atoms in total. The minimum absolute atomic E-state index is 0.00343. The van der Waals surface area contributed by atoms with Gasteiger partial charge in [-0.1, -0.05) is 6.08 Å². The maximum Gasteiger partial charge on any atom is 0.389 e. The fourth-order valence-electron chi connectivity index (χ4n) is 0.828. The van der Waals surface area contributed by atoms with Gasteiger partial charge in [0.1, 0.15) is 0 Å². The summed E-state index contributed by atoms with van der Waals surface area (Å²) in [5.41, 5.74) is 0.179. The van der Waals surface area contributed by atoms with E-state index in [2.05, 4.69) is 5.32 Å². The van der Waals surface area contributed by atoms with E-state index in [0.717, 1.165) is 0 Å². The molecule has 0 amide bonds. The van der Waals surface area contributed by atoms with Crippen molar-refractivity contribution < 1.29 is 23.1 Å². The van der Waals surface area contributed by atoms with Crippen molar-refractivity contribution in [2.45, 2.75) is 25.9 Å². The topological polar surface area (TPSA) is 49.3 Å². The lowest BCUT2D eigenvalue weighted by Crippen LogP contribution is -2.18. The molecule has 0 unspecified atom stereocenters. The highest BCUT2D eigenvalue weighted by Gasteiger charge is 2.25. The molecule has 0 spiro atoms. The van der Waals surface area contributed by atoms with Crippen LogP contribution in [0.5, 0.6) is 0 Å². The third-order valence-corrected chi connectivity index (χ3v) is 1.70. The number of nitrogens with one attached hydrogen (secondary N) is 1. The van der Waals surface area contributed by atoms with Gasteiger partial charge < -0.3 is 10.4 Å². The Hall–Kier alpha value is -1.04. The predicted molar refractivity (Wildman–Crippen MR) is 49.6 cm³/mol. The van der Waals surface area contributed by atoms with Crippen molar-refractivity contribution in [1.29, 1.82) is 0 Å². The molecule has 0 rings (SSSR count). The molecule has 0 fully saturated rings. The normalized spacial score (nSPS) is 12.9. The second kappa shape index (κ2) is 6.44. The van der Waals surface area contributed by atoms with Crippen LogP contribution in [-0.4, -0.2) is 30.3 Å². The first-order valence-electron chi connectivity index (χ1n) is 4.50. The van der Waals surface area contributed by atoms with Gasteiger partial charge in [0.2, 0.25) is 0 Å². The summed E-state index contributed by atoms with van der Waals surface area (Å²) >= 11 is 0. The molecule has 0 heterocycles. The third-order valence-electron chi connectivity index (χ3n) is 1.70. The molecule has 0 aliphatic heterocycles. The number of alkyl halides is 3. The Labute approximate surface area is 86.0 Å². The summed E-state index contributed by atoms with van der Waals surface area (Å²) in [7, 11) is 0. The molecule has 0 aliphatic rings. The first-order chi connectivity index (χ1) is 6.83. The van der Waals surface area contributed by atoms with Crippen molar-refractivity contribution in [1.82, 2.24) is 5.32 Å². The quantitative estimate of drug-likeness (QED) is 0.536. The molecule has 0 aromatic carbocycles. The Bertz CT molecular complexity index is 236. The Morgan fingerprint density at radius 3 is 2.53 bits per heavy atom. The van der Waals surface area contributed by atoms with Crippen LogP contribution in [0.2, 0.25) is 0 Å². The minimum Gasteiger partial charge on any atom is -0.478 e. The first kappa shape index (κ1) is 14.0. The number of carbonyl (C=O) groups is 1. The van der Waals surface area contributed by atoms with Crippen molar-refractivity contribution in [3.8, 4) is 0 Å². The Morgan fingerprint density at radius 2 is 2.07 bits per heavy atom. The largest absolute Gasteiger partial charge is 0.478 e. The molecular formula is C9H14F3NO2. The van der Waals surface area contributed by atoms with Crippen LogP contribution < -0.4 is 5.32 Å². The maximum atomic E-state index is 11.7. The highest BCUT2D eigenvalue weighted by Crippen LogP contribution is 2.20. The van der Waals surface area contributed by atoms with E-state index in [1.54, 1.807) is 0 Å². The van der Waals surface area contributed by atoms with Crippen LogP contribution in [0.1, 0.15) is 19.8 Å². The van der Waals surface area contributed by atoms with Gasteiger partial charge in [0.05, 0.1) is 0 Å². The summed E-state index contributed by atoms with van der Waals surface area (Å²) in [4.78, 5) is 10.3. The summed E-state index contributed by atoms with van der Waals surface area (Å²) < 4.78 is 35.0. The second-order valence-corrected chi connectivity index (χ2v) is 3.12. The van der Waals surface area contributed by atoms with E-state index in [1.165, 1.54) is 13.0 Å². The number of hydrogen-bond acceptors (Lipinski definition) is 2. The summed E-state index contributed by atoms with van der Waals surface area (Å²) in [5, 5.41) is 11.2. The lowest BCUT2D eigenvalue weighted by Gasteiger charge is -2.05. The van der Waals surface area contributed by atoms with Gasteiger partial charge in [0, 0.05) is 18.5 Å². The zero-order valence-corrected chi connectivity index (χ0v) is 8.40. The summed E-state index contributed by atoms with van der Waals surface area (Å²) in [5.74, 6) is -1.02. The molecular weight excluding hydrogens is 211 g/mol. The van der Waals surface area contributed by atoms with Gasteiger partial charge in [-0.2, -0.15) is 13.2 Å². The van der Waals surface area contributed by atoms with Gasteiger partial charge in [-0.15, -0.1) is 0 Å². The lowest BCUT2D eigenvalue weighted by molar-refractivity contribution is -0.135. The molecule has 6 heteroatoms. The zero-order chi connectivity index (χ0) is 11.9. The fourth-order valence-corrected chi connectivity index (χ4v) is 0.828. The molecule has 0 aliphatic carbocycles. The number of aliphatic carboxylic acids is 1. The number of hydrogen-bond donors (Lipinski definition) is 2. The molecule has 15 heavy (non-hydrogen) atoms. The number of halogens is 3. The Morgan fingerprint density at radius 1 is 1.47 bits per heavy atom. The van der Waals surface area contributed by atoms with E-state index < -0.39 is 18.6 Å². The number of carboxylic acids is 1. The van der Waals surface area contributed by atoms with E-state index in [1.807, 2.05) is 0 Å². The first-order valence-corrected chi connectivity index (χ1v) is 4.50. The van der Waals surface area contributed by atoms with E-state index >= 15 is 0 Å². The Kier molecular flexibility index (Phi) is 6.00. The van der Waals surface area contributed by atoms with Crippen LogP contribution >= 0.6 is 0 Å². The van der Waals surface area contributed by atoms with Crippen molar-refractivity contribution >= 4 is 5.97 Å². The van der Waals surface area contributed by atoms with Crippen LogP contribution in [-0.2, 0) is 4.79 Å². The summed E-state index contributed by atoms with van der Waals surface area (Å²) in [6, 6.07) is 0. The van der Waals surface area contributed by atoms with Crippen molar-refractivity contribution in [2.75, 3.05) is 13.1 Å². The average Bonchev–Trinajstić information content (AvgIpc) is 2.08. The number of rotatable bonds is 6. The van der Waals surface area contributed by atoms with Crippen molar-refractivity contribution in [3.63, 3.8) is 0 Å². The molecule has 88 valence electrons. The summed E-state index contributed by atoms with van der Waals surface area (Å²) in [6.07, 6.45) is -3.50. The van der Waals surface area contributed by atoms with Gasteiger partial charge >= 0.3 is 12.1 Å². The van der Waals surface area contributed by atoms with Gasteiger partial charge in [-0.05, 0) is 19.9 Å². The smallest absolute Gasteiger partial charge is 0.389 e.